The predicted octanol–water partition coefficient (Wildman–Crippen LogP) is 6.75. The highest BCUT2D eigenvalue weighted by Crippen LogP contribution is 2.41. The summed E-state index contributed by atoms with van der Waals surface area (Å²) < 4.78 is 16.9. The summed E-state index contributed by atoms with van der Waals surface area (Å²) >= 11 is 0. The number of benzene rings is 3. The van der Waals surface area contributed by atoms with Crippen molar-refractivity contribution in [2.75, 3.05) is 65.9 Å². The molecule has 8 nitrogen and oxygen atoms in total. The summed E-state index contributed by atoms with van der Waals surface area (Å²) in [4.78, 5) is 19.2. The Balaban J connectivity index is 1.21. The number of anilines is 1. The van der Waals surface area contributed by atoms with Crippen LogP contribution in [0.1, 0.15) is 48.8 Å². The van der Waals surface area contributed by atoms with Gasteiger partial charge in [0, 0.05) is 31.4 Å². The van der Waals surface area contributed by atoms with Crippen LogP contribution in [0.3, 0.4) is 0 Å². The van der Waals surface area contributed by atoms with Gasteiger partial charge < -0.3 is 29.1 Å². The molecule has 8 heteroatoms. The van der Waals surface area contributed by atoms with Crippen LogP contribution in [-0.2, 0) is 16.1 Å². The van der Waals surface area contributed by atoms with Crippen molar-refractivity contribution in [3.63, 3.8) is 0 Å². The topological polar surface area (TPSA) is 74.7 Å². The van der Waals surface area contributed by atoms with Crippen LogP contribution in [0.15, 0.2) is 72.5 Å². The van der Waals surface area contributed by atoms with Gasteiger partial charge in [-0.3, -0.25) is 9.69 Å². The maximum Gasteiger partial charge on any atom is 0.203 e. The quantitative estimate of drug-likeness (QED) is 0.0761. The van der Waals surface area contributed by atoms with E-state index in [0.29, 0.717) is 17.6 Å². The van der Waals surface area contributed by atoms with Crippen molar-refractivity contribution in [3.05, 3.63) is 89.2 Å². The zero-order valence-corrected chi connectivity index (χ0v) is 28.2. The minimum Gasteiger partial charge on any atom is -0.504 e. The minimum absolute atomic E-state index is 0.0449. The molecule has 248 valence electrons. The van der Waals surface area contributed by atoms with E-state index < -0.39 is 0 Å². The van der Waals surface area contributed by atoms with E-state index in [1.807, 2.05) is 31.2 Å². The zero-order chi connectivity index (χ0) is 32.9. The number of unbranched alkanes of at least 4 members (excludes halogenated alkanes) is 1. The minimum atomic E-state index is -0.0499. The molecule has 46 heavy (non-hydrogen) atoms. The first kappa shape index (κ1) is 34.9. The molecule has 0 spiro atoms. The van der Waals surface area contributed by atoms with Gasteiger partial charge in [-0.1, -0.05) is 36.4 Å². The second-order valence-corrected chi connectivity index (χ2v) is 12.4. The van der Waals surface area contributed by atoms with Crippen molar-refractivity contribution >= 4 is 17.7 Å². The van der Waals surface area contributed by atoms with Crippen molar-refractivity contribution in [1.29, 1.82) is 0 Å². The monoisotopic (exact) mass is 629 g/mol. The fourth-order valence-electron chi connectivity index (χ4n) is 6.04. The number of hydrogen-bond donors (Lipinski definition) is 1. The van der Waals surface area contributed by atoms with Crippen molar-refractivity contribution in [2.45, 2.75) is 45.6 Å². The highest BCUT2D eigenvalue weighted by molar-refractivity contribution is 5.84. The zero-order valence-electron chi connectivity index (χ0n) is 28.2. The molecule has 0 saturated carbocycles. The van der Waals surface area contributed by atoms with E-state index in [4.69, 9.17) is 14.2 Å². The van der Waals surface area contributed by atoms with Gasteiger partial charge in [-0.05, 0) is 120 Å². The summed E-state index contributed by atoms with van der Waals surface area (Å²) in [5.41, 5.74) is 3.91. The molecule has 0 unspecified atom stereocenters. The molecule has 1 N–H and O–H groups in total. The lowest BCUT2D eigenvalue weighted by atomic mass is 9.93. The number of carbonyl (C=O) groups excluding carboxylic acids is 1. The first-order valence-electron chi connectivity index (χ1n) is 16.4. The molecule has 0 radical (unpaired) electrons. The number of ether oxygens (including phenoxy) is 3. The SMILES string of the molecule is CO/C(C=O)=C(/Oc1c(C)ccc(O)c1OC)c1ccc(N(C)CCCCN(C)CCC2CCN(Cc3ccccc3)CC2)cc1. The van der Waals surface area contributed by atoms with Gasteiger partial charge in [0.25, 0.3) is 0 Å². The Morgan fingerprint density at radius 2 is 1.61 bits per heavy atom. The molecular formula is C38H51N3O5. The van der Waals surface area contributed by atoms with E-state index in [-0.39, 0.29) is 23.0 Å². The van der Waals surface area contributed by atoms with E-state index in [1.165, 1.54) is 52.1 Å². The van der Waals surface area contributed by atoms with E-state index in [2.05, 4.69) is 59.1 Å². The summed E-state index contributed by atoms with van der Waals surface area (Å²) in [7, 11) is 7.24. The summed E-state index contributed by atoms with van der Waals surface area (Å²) in [5, 5.41) is 10.3. The Morgan fingerprint density at radius 1 is 0.913 bits per heavy atom. The Morgan fingerprint density at radius 3 is 2.26 bits per heavy atom. The number of hydrogen-bond acceptors (Lipinski definition) is 8. The largest absolute Gasteiger partial charge is 0.504 e. The number of piperidine rings is 1. The smallest absolute Gasteiger partial charge is 0.203 e. The van der Waals surface area contributed by atoms with E-state index in [9.17, 15) is 9.90 Å². The summed E-state index contributed by atoms with van der Waals surface area (Å²) in [6, 6.07) is 21.9. The highest BCUT2D eigenvalue weighted by Gasteiger charge is 2.21. The van der Waals surface area contributed by atoms with Crippen molar-refractivity contribution < 1.29 is 24.1 Å². The summed E-state index contributed by atoms with van der Waals surface area (Å²) in [5.74, 6) is 1.60. The van der Waals surface area contributed by atoms with Crippen LogP contribution in [0.2, 0.25) is 0 Å². The van der Waals surface area contributed by atoms with Crippen LogP contribution in [0, 0.1) is 12.8 Å². The number of phenolic OH excluding ortho intramolecular Hbond substituents is 1. The van der Waals surface area contributed by atoms with Gasteiger partial charge in [0.2, 0.25) is 11.5 Å². The second-order valence-electron chi connectivity index (χ2n) is 12.4. The van der Waals surface area contributed by atoms with Gasteiger partial charge in [0.1, 0.15) is 0 Å². The third-order valence-electron chi connectivity index (χ3n) is 8.98. The van der Waals surface area contributed by atoms with Crippen LogP contribution in [0.25, 0.3) is 5.76 Å². The normalized spacial score (nSPS) is 14.6. The molecule has 3 aromatic carbocycles. The molecule has 0 atom stereocenters. The highest BCUT2D eigenvalue weighted by atomic mass is 16.5. The van der Waals surface area contributed by atoms with Crippen LogP contribution in [0.4, 0.5) is 5.69 Å². The van der Waals surface area contributed by atoms with Crippen molar-refractivity contribution in [3.8, 4) is 17.2 Å². The van der Waals surface area contributed by atoms with Crippen molar-refractivity contribution in [1.82, 2.24) is 9.80 Å². The second kappa shape index (κ2) is 17.6. The number of nitrogens with zero attached hydrogens (tertiary/aromatic N) is 3. The van der Waals surface area contributed by atoms with E-state index in [0.717, 1.165) is 56.2 Å². The first-order valence-corrected chi connectivity index (χ1v) is 16.4. The maximum atomic E-state index is 11.8. The lowest BCUT2D eigenvalue weighted by molar-refractivity contribution is -0.107. The number of phenols is 1. The number of aldehydes is 1. The lowest BCUT2D eigenvalue weighted by Crippen LogP contribution is -2.34. The van der Waals surface area contributed by atoms with E-state index >= 15 is 0 Å². The average Bonchev–Trinajstić information content (AvgIpc) is 3.08. The van der Waals surface area contributed by atoms with Crippen LogP contribution in [0.5, 0.6) is 17.2 Å². The molecule has 1 heterocycles. The molecule has 0 amide bonds. The molecule has 1 aliphatic heterocycles. The van der Waals surface area contributed by atoms with Gasteiger partial charge >= 0.3 is 0 Å². The molecule has 1 saturated heterocycles. The van der Waals surface area contributed by atoms with Crippen LogP contribution in [-0.4, -0.2) is 82.2 Å². The van der Waals surface area contributed by atoms with Crippen molar-refractivity contribution in [2.24, 2.45) is 5.92 Å². The predicted molar refractivity (Wildman–Crippen MR) is 186 cm³/mol. The lowest BCUT2D eigenvalue weighted by Gasteiger charge is -2.32. The van der Waals surface area contributed by atoms with E-state index in [1.54, 1.807) is 12.1 Å². The molecule has 0 aromatic heterocycles. The number of likely N-dealkylation sites (tertiary alicyclic amines) is 1. The summed E-state index contributed by atoms with van der Waals surface area (Å²) in [6.45, 7) is 8.54. The van der Waals surface area contributed by atoms with Gasteiger partial charge in [-0.2, -0.15) is 0 Å². The van der Waals surface area contributed by atoms with Crippen LogP contribution >= 0.6 is 0 Å². The fraction of sp³-hybridized carbons (Fsp3) is 0.447. The number of aromatic hydroxyl groups is 1. The van der Waals surface area contributed by atoms with Gasteiger partial charge in [0.15, 0.2) is 23.5 Å². The van der Waals surface area contributed by atoms with Crippen LogP contribution < -0.4 is 14.4 Å². The molecule has 1 aliphatic rings. The Hall–Kier alpha value is -4.01. The molecular weight excluding hydrogens is 578 g/mol. The molecule has 0 bridgehead atoms. The molecule has 1 fully saturated rings. The Labute approximate surface area is 275 Å². The number of rotatable bonds is 17. The first-order chi connectivity index (χ1) is 22.3. The van der Waals surface area contributed by atoms with Gasteiger partial charge in [0.05, 0.1) is 14.2 Å². The fourth-order valence-corrected chi connectivity index (χ4v) is 6.04. The third-order valence-corrected chi connectivity index (χ3v) is 8.98. The Bertz CT molecular complexity index is 1400. The van der Waals surface area contributed by atoms with Gasteiger partial charge in [-0.15, -0.1) is 0 Å². The standard InChI is InChI=1S/C38H51N3O5/c1-29-13-18-34(43)38(45-5)36(29)46-37(35(28-42)44-4)32-14-16-33(17-15-32)40(3)23-10-9-22-39(2)24-19-30-20-25-41(26-21-30)27-31-11-7-6-8-12-31/h6-8,11-18,28,30,43H,9-10,19-27H2,1-5H3/b37-35+. The Kier molecular flexibility index (Phi) is 13.4. The number of allylic oxidation sites excluding steroid dienone is 1. The number of methoxy groups -OCH3 is 2. The summed E-state index contributed by atoms with van der Waals surface area (Å²) in [6.07, 6.45) is 6.77. The molecule has 4 rings (SSSR count). The number of aryl methyl sites for hydroxylation is 1. The molecule has 0 aliphatic carbocycles. The molecule has 3 aromatic rings. The average molecular weight is 630 g/mol. The van der Waals surface area contributed by atoms with Gasteiger partial charge in [-0.25, -0.2) is 0 Å². The third kappa shape index (κ3) is 9.74. The maximum absolute atomic E-state index is 11.8. The number of carbonyl (C=O) groups is 1.